The van der Waals surface area contributed by atoms with E-state index in [1.165, 1.54) is 20.2 Å². The minimum atomic E-state index is -1.44. The number of pyridine rings is 2. The lowest BCUT2D eigenvalue weighted by atomic mass is 10.0. The second kappa shape index (κ2) is 9.50. The zero-order chi connectivity index (χ0) is 27.2. The highest BCUT2D eigenvalue weighted by Gasteiger charge is 2.39. The first kappa shape index (κ1) is 25.3. The molecule has 1 N–H and O–H groups in total. The number of anilines is 1. The minimum absolute atomic E-state index is 0.0645. The number of amides is 1. The number of nitrogens with zero attached hydrogens (tertiary/aromatic N) is 8. The van der Waals surface area contributed by atoms with Crippen molar-refractivity contribution in [3.05, 3.63) is 60.4 Å². The molecular formula is C28H30N8O2. The molecule has 5 heterocycles. The molecule has 4 aromatic rings. The van der Waals surface area contributed by atoms with Crippen molar-refractivity contribution >= 4 is 22.8 Å². The largest absolute Gasteiger partial charge is 0.381 e. The van der Waals surface area contributed by atoms with E-state index in [9.17, 15) is 15.2 Å². The van der Waals surface area contributed by atoms with Crippen molar-refractivity contribution in [2.75, 3.05) is 18.0 Å². The first-order valence-corrected chi connectivity index (χ1v) is 12.5. The Bertz CT molecular complexity index is 1570. The van der Waals surface area contributed by atoms with Crippen molar-refractivity contribution in [1.82, 2.24) is 29.4 Å². The van der Waals surface area contributed by atoms with Crippen LogP contribution < -0.4 is 4.90 Å². The summed E-state index contributed by atoms with van der Waals surface area (Å²) in [5.41, 5.74) is 2.65. The number of rotatable bonds is 4. The highest BCUT2D eigenvalue weighted by molar-refractivity contribution is 6.03. The zero-order valence-electron chi connectivity index (χ0n) is 22.1. The van der Waals surface area contributed by atoms with E-state index < -0.39 is 5.60 Å². The van der Waals surface area contributed by atoms with Gasteiger partial charge in [0.15, 0.2) is 5.65 Å². The van der Waals surface area contributed by atoms with Crippen LogP contribution in [0, 0.1) is 18.3 Å². The van der Waals surface area contributed by atoms with E-state index in [-0.39, 0.29) is 18.0 Å². The van der Waals surface area contributed by atoms with Crippen LogP contribution in [0.4, 0.5) is 5.82 Å². The predicted octanol–water partition coefficient (Wildman–Crippen LogP) is 3.25. The standard InChI is InChI=1S/C28H30N8O2/c1-17-12-30-8-7-21(17)22-15-36(23-10-20(11-29)6-9-31-23)26-24(22)25(32-16-33-26)34-13-19(3)35(14-18(34)2)27(37)28(4,5)38/h6-10,12,15-16,18-19,38H,13-14H2,1-5H3/t18-,19+/m0/s1. The molecule has 1 aliphatic rings. The molecule has 0 bridgehead atoms. The molecule has 0 aliphatic carbocycles. The summed E-state index contributed by atoms with van der Waals surface area (Å²) in [4.78, 5) is 35.0. The van der Waals surface area contributed by atoms with Crippen LogP contribution in [0.2, 0.25) is 0 Å². The van der Waals surface area contributed by atoms with E-state index in [1.807, 2.05) is 36.9 Å². The summed E-state index contributed by atoms with van der Waals surface area (Å²) in [6.07, 6.45) is 8.72. The van der Waals surface area contributed by atoms with Crippen LogP contribution in [0.25, 0.3) is 28.0 Å². The Kier molecular flexibility index (Phi) is 6.33. The zero-order valence-corrected chi connectivity index (χ0v) is 22.1. The Labute approximate surface area is 221 Å². The third-order valence-electron chi connectivity index (χ3n) is 7.04. The molecular weight excluding hydrogens is 480 g/mol. The molecule has 1 aliphatic heterocycles. The van der Waals surface area contributed by atoms with Gasteiger partial charge in [-0.3, -0.25) is 14.3 Å². The molecule has 1 amide bonds. The van der Waals surface area contributed by atoms with E-state index in [4.69, 9.17) is 4.98 Å². The summed E-state index contributed by atoms with van der Waals surface area (Å²) in [5, 5.41) is 20.6. The summed E-state index contributed by atoms with van der Waals surface area (Å²) >= 11 is 0. The van der Waals surface area contributed by atoms with Gasteiger partial charge in [-0.25, -0.2) is 15.0 Å². The van der Waals surface area contributed by atoms with E-state index in [1.54, 1.807) is 29.4 Å². The van der Waals surface area contributed by atoms with Gasteiger partial charge in [0.2, 0.25) is 0 Å². The van der Waals surface area contributed by atoms with Gasteiger partial charge in [-0.1, -0.05) is 0 Å². The molecule has 5 rings (SSSR count). The van der Waals surface area contributed by atoms with E-state index >= 15 is 0 Å². The fourth-order valence-electron chi connectivity index (χ4n) is 5.09. The van der Waals surface area contributed by atoms with Gasteiger partial charge in [0, 0.05) is 55.5 Å². The molecule has 0 saturated carbocycles. The SMILES string of the molecule is Cc1cnccc1-c1cn(-c2cc(C#N)ccn2)c2ncnc(N3C[C@@H](C)N(C(=O)C(C)(C)O)C[C@@H]3C)c12. The normalized spacial score (nSPS) is 18.0. The van der Waals surface area contributed by atoms with Gasteiger partial charge in [0.05, 0.1) is 17.0 Å². The Morgan fingerprint density at radius 1 is 1.11 bits per heavy atom. The van der Waals surface area contributed by atoms with Gasteiger partial charge in [0.25, 0.3) is 5.91 Å². The summed E-state index contributed by atoms with van der Waals surface area (Å²) in [6.45, 7) is 10.1. The van der Waals surface area contributed by atoms with Gasteiger partial charge in [0.1, 0.15) is 23.6 Å². The van der Waals surface area contributed by atoms with Crippen LogP contribution in [0.5, 0.6) is 0 Å². The average Bonchev–Trinajstić information content (AvgIpc) is 3.29. The molecule has 0 radical (unpaired) electrons. The van der Waals surface area contributed by atoms with Gasteiger partial charge < -0.3 is 14.9 Å². The van der Waals surface area contributed by atoms with Gasteiger partial charge in [-0.2, -0.15) is 5.26 Å². The van der Waals surface area contributed by atoms with Gasteiger partial charge >= 0.3 is 0 Å². The first-order chi connectivity index (χ1) is 18.1. The third-order valence-corrected chi connectivity index (χ3v) is 7.04. The number of carbonyl (C=O) groups excluding carboxylic acids is 1. The molecule has 1 saturated heterocycles. The molecule has 0 unspecified atom stereocenters. The fourth-order valence-corrected chi connectivity index (χ4v) is 5.09. The summed E-state index contributed by atoms with van der Waals surface area (Å²) in [6, 6.07) is 7.34. The number of aliphatic hydroxyl groups is 1. The molecule has 10 nitrogen and oxygen atoms in total. The molecule has 194 valence electrons. The molecule has 38 heavy (non-hydrogen) atoms. The lowest BCUT2D eigenvalue weighted by Gasteiger charge is -2.46. The Hall–Kier alpha value is -4.36. The molecule has 4 aromatic heterocycles. The number of carbonyl (C=O) groups is 1. The van der Waals surface area contributed by atoms with E-state index in [0.717, 1.165) is 27.9 Å². The van der Waals surface area contributed by atoms with Gasteiger partial charge in [-0.15, -0.1) is 0 Å². The van der Waals surface area contributed by atoms with Crippen molar-refractivity contribution in [2.45, 2.75) is 52.3 Å². The second-order valence-electron chi connectivity index (χ2n) is 10.4. The van der Waals surface area contributed by atoms with E-state index in [0.29, 0.717) is 30.1 Å². The number of nitriles is 1. The second-order valence-corrected chi connectivity index (χ2v) is 10.4. The number of hydrogen-bond donors (Lipinski definition) is 1. The van der Waals surface area contributed by atoms with Crippen LogP contribution in [0.1, 0.15) is 38.8 Å². The summed E-state index contributed by atoms with van der Waals surface area (Å²) < 4.78 is 1.89. The molecule has 1 fully saturated rings. The Morgan fingerprint density at radius 3 is 2.61 bits per heavy atom. The van der Waals surface area contributed by atoms with Crippen LogP contribution in [0.15, 0.2) is 49.3 Å². The maximum absolute atomic E-state index is 12.9. The minimum Gasteiger partial charge on any atom is -0.381 e. The average molecular weight is 511 g/mol. The van der Waals surface area contributed by atoms with Crippen LogP contribution >= 0.6 is 0 Å². The van der Waals surface area contributed by atoms with Crippen molar-refractivity contribution in [1.29, 1.82) is 5.26 Å². The molecule has 2 atom stereocenters. The highest BCUT2D eigenvalue weighted by atomic mass is 16.3. The maximum atomic E-state index is 12.9. The number of aromatic nitrogens is 5. The first-order valence-electron chi connectivity index (χ1n) is 12.5. The number of fused-ring (bicyclic) bond motifs is 1. The number of aryl methyl sites for hydroxylation is 1. The third kappa shape index (κ3) is 4.35. The van der Waals surface area contributed by atoms with Crippen molar-refractivity contribution in [3.8, 4) is 23.0 Å². The smallest absolute Gasteiger partial charge is 0.254 e. The van der Waals surface area contributed by atoms with Crippen molar-refractivity contribution in [3.63, 3.8) is 0 Å². The highest BCUT2D eigenvalue weighted by Crippen LogP contribution is 2.39. The van der Waals surface area contributed by atoms with Crippen molar-refractivity contribution < 1.29 is 9.90 Å². The van der Waals surface area contributed by atoms with Crippen LogP contribution in [-0.4, -0.2) is 71.2 Å². The lowest BCUT2D eigenvalue weighted by Crippen LogP contribution is -2.61. The lowest BCUT2D eigenvalue weighted by molar-refractivity contribution is -0.151. The Morgan fingerprint density at radius 2 is 1.89 bits per heavy atom. The summed E-state index contributed by atoms with van der Waals surface area (Å²) in [5.74, 6) is 1.05. The number of hydrogen-bond acceptors (Lipinski definition) is 8. The summed E-state index contributed by atoms with van der Waals surface area (Å²) in [7, 11) is 0. The monoisotopic (exact) mass is 510 g/mol. The quantitative estimate of drug-likeness (QED) is 0.444. The number of piperazine rings is 1. The Balaban J connectivity index is 1.69. The van der Waals surface area contributed by atoms with Crippen LogP contribution in [-0.2, 0) is 4.79 Å². The molecule has 0 aromatic carbocycles. The molecule has 10 heteroatoms. The molecule has 0 spiro atoms. The fraction of sp³-hybridized carbons (Fsp3) is 0.357. The van der Waals surface area contributed by atoms with Crippen molar-refractivity contribution in [2.24, 2.45) is 0 Å². The maximum Gasteiger partial charge on any atom is 0.254 e. The topological polar surface area (TPSA) is 124 Å². The predicted molar refractivity (Wildman–Crippen MR) is 144 cm³/mol. The van der Waals surface area contributed by atoms with E-state index in [2.05, 4.69) is 32.8 Å². The van der Waals surface area contributed by atoms with Gasteiger partial charge in [-0.05, 0) is 63.9 Å². The van der Waals surface area contributed by atoms with Crippen LogP contribution in [0.3, 0.4) is 0 Å².